The van der Waals surface area contributed by atoms with E-state index >= 15 is 0 Å². The van der Waals surface area contributed by atoms with Crippen molar-refractivity contribution >= 4 is 11.7 Å². The molecule has 0 radical (unpaired) electrons. The lowest BCUT2D eigenvalue weighted by Crippen LogP contribution is -2.07. The van der Waals surface area contributed by atoms with E-state index in [1.165, 1.54) is 18.2 Å². The Hall–Kier alpha value is -1.58. The van der Waals surface area contributed by atoms with E-state index in [1.54, 1.807) is 6.92 Å². The lowest BCUT2D eigenvalue weighted by atomic mass is 10.3. The van der Waals surface area contributed by atoms with Crippen LogP contribution in [0, 0.1) is 5.82 Å². The molecule has 0 spiro atoms. The van der Waals surface area contributed by atoms with Crippen LogP contribution in [0.1, 0.15) is 13.3 Å². The molecule has 0 aliphatic carbocycles. The molecule has 70 valence electrons. The van der Waals surface area contributed by atoms with E-state index in [-0.39, 0.29) is 17.9 Å². The minimum atomic E-state index is -0.582. The monoisotopic (exact) mass is 183 g/mol. The molecule has 1 rings (SSSR count). The largest absolute Gasteiger partial charge is 0.424 e. The standard InChI is InChI=1S/C9H10FNO2/c1-2-8(12)13-7-5-3-4-6(10)9(7)11/h3-5H,2,11H2,1H3. The molecule has 0 bridgehead atoms. The molecule has 1 aromatic carbocycles. The summed E-state index contributed by atoms with van der Waals surface area (Å²) in [5.41, 5.74) is 5.20. The zero-order valence-corrected chi connectivity index (χ0v) is 7.21. The zero-order chi connectivity index (χ0) is 9.84. The first-order valence-corrected chi connectivity index (χ1v) is 3.89. The summed E-state index contributed by atoms with van der Waals surface area (Å²) >= 11 is 0. The van der Waals surface area contributed by atoms with Gasteiger partial charge in [-0.3, -0.25) is 4.79 Å². The maximum Gasteiger partial charge on any atom is 0.310 e. The maximum absolute atomic E-state index is 12.8. The highest BCUT2D eigenvalue weighted by Gasteiger charge is 2.08. The Morgan fingerprint density at radius 2 is 2.31 bits per heavy atom. The summed E-state index contributed by atoms with van der Waals surface area (Å²) in [5, 5.41) is 0. The van der Waals surface area contributed by atoms with Crippen LogP contribution in [0.15, 0.2) is 18.2 Å². The topological polar surface area (TPSA) is 52.3 Å². The van der Waals surface area contributed by atoms with Gasteiger partial charge in [0.25, 0.3) is 0 Å². The van der Waals surface area contributed by atoms with E-state index < -0.39 is 11.8 Å². The van der Waals surface area contributed by atoms with Crippen molar-refractivity contribution < 1.29 is 13.9 Å². The lowest BCUT2D eigenvalue weighted by molar-refractivity contribution is -0.133. The molecule has 0 fully saturated rings. The number of benzene rings is 1. The summed E-state index contributed by atoms with van der Waals surface area (Å²) in [5.74, 6) is -0.939. The van der Waals surface area contributed by atoms with Crippen molar-refractivity contribution in [2.45, 2.75) is 13.3 Å². The fourth-order valence-electron chi connectivity index (χ4n) is 0.801. The Labute approximate surface area is 75.3 Å². The van der Waals surface area contributed by atoms with E-state index in [9.17, 15) is 9.18 Å². The van der Waals surface area contributed by atoms with Gasteiger partial charge in [-0.05, 0) is 12.1 Å². The Morgan fingerprint density at radius 3 is 2.92 bits per heavy atom. The lowest BCUT2D eigenvalue weighted by Gasteiger charge is -2.05. The van der Waals surface area contributed by atoms with Crippen LogP contribution in [0.3, 0.4) is 0 Å². The second-order valence-electron chi connectivity index (χ2n) is 2.48. The molecule has 4 heteroatoms. The average Bonchev–Trinajstić information content (AvgIpc) is 2.13. The smallest absolute Gasteiger partial charge is 0.310 e. The number of nitrogens with two attached hydrogens (primary N) is 1. The first-order valence-electron chi connectivity index (χ1n) is 3.89. The van der Waals surface area contributed by atoms with Gasteiger partial charge in [-0.15, -0.1) is 0 Å². The number of hydrogen-bond donors (Lipinski definition) is 1. The number of esters is 1. The first-order chi connectivity index (χ1) is 6.15. The number of halogens is 1. The molecule has 0 saturated heterocycles. The molecule has 0 amide bonds. The van der Waals surface area contributed by atoms with Crippen molar-refractivity contribution in [2.24, 2.45) is 0 Å². The zero-order valence-electron chi connectivity index (χ0n) is 7.21. The van der Waals surface area contributed by atoms with Crippen LogP contribution in [0.2, 0.25) is 0 Å². The third-order valence-electron chi connectivity index (χ3n) is 1.53. The van der Waals surface area contributed by atoms with Gasteiger partial charge in [0, 0.05) is 6.42 Å². The fourth-order valence-corrected chi connectivity index (χ4v) is 0.801. The quantitative estimate of drug-likeness (QED) is 0.431. The van der Waals surface area contributed by atoms with Gasteiger partial charge in [-0.2, -0.15) is 0 Å². The van der Waals surface area contributed by atoms with Gasteiger partial charge >= 0.3 is 5.97 Å². The van der Waals surface area contributed by atoms with Gasteiger partial charge in [0.05, 0.1) is 0 Å². The van der Waals surface area contributed by atoms with Crippen LogP contribution in [-0.4, -0.2) is 5.97 Å². The van der Waals surface area contributed by atoms with E-state index in [1.807, 2.05) is 0 Å². The molecular formula is C9H10FNO2. The minimum absolute atomic E-state index is 0.0758. The molecule has 0 aromatic heterocycles. The van der Waals surface area contributed by atoms with Crippen molar-refractivity contribution in [2.75, 3.05) is 5.73 Å². The number of nitrogen functional groups attached to an aromatic ring is 1. The van der Waals surface area contributed by atoms with Gasteiger partial charge in [0.15, 0.2) is 5.75 Å². The normalized spacial score (nSPS) is 9.69. The Morgan fingerprint density at radius 1 is 1.62 bits per heavy atom. The fraction of sp³-hybridized carbons (Fsp3) is 0.222. The molecule has 3 nitrogen and oxygen atoms in total. The molecule has 13 heavy (non-hydrogen) atoms. The summed E-state index contributed by atoms with van der Waals surface area (Å²) in [6, 6.07) is 4.09. The van der Waals surface area contributed by atoms with Crippen LogP contribution < -0.4 is 10.5 Å². The molecule has 0 atom stereocenters. The number of carbonyl (C=O) groups is 1. The number of para-hydroxylation sites is 1. The Balaban J connectivity index is 2.89. The van der Waals surface area contributed by atoms with E-state index in [0.717, 1.165) is 0 Å². The summed E-state index contributed by atoms with van der Waals surface area (Å²) in [6.07, 6.45) is 0.232. The van der Waals surface area contributed by atoms with Crippen LogP contribution in [0.25, 0.3) is 0 Å². The molecular weight excluding hydrogens is 173 g/mol. The van der Waals surface area contributed by atoms with Crippen molar-refractivity contribution in [3.8, 4) is 5.75 Å². The van der Waals surface area contributed by atoms with Crippen LogP contribution in [-0.2, 0) is 4.79 Å². The second-order valence-corrected chi connectivity index (χ2v) is 2.48. The van der Waals surface area contributed by atoms with Gasteiger partial charge < -0.3 is 10.5 Å². The molecule has 2 N–H and O–H groups in total. The highest BCUT2D eigenvalue weighted by atomic mass is 19.1. The van der Waals surface area contributed by atoms with Gasteiger partial charge in [-0.25, -0.2) is 4.39 Å². The maximum atomic E-state index is 12.8. The van der Waals surface area contributed by atoms with Crippen molar-refractivity contribution in [3.63, 3.8) is 0 Å². The van der Waals surface area contributed by atoms with E-state index in [2.05, 4.69) is 0 Å². The average molecular weight is 183 g/mol. The Bertz CT molecular complexity index is 325. The summed E-state index contributed by atoms with van der Waals surface area (Å²) < 4.78 is 17.6. The van der Waals surface area contributed by atoms with Crippen LogP contribution in [0.4, 0.5) is 10.1 Å². The van der Waals surface area contributed by atoms with Crippen LogP contribution >= 0.6 is 0 Å². The highest BCUT2D eigenvalue weighted by molar-refractivity contribution is 5.74. The number of rotatable bonds is 2. The molecule has 1 aromatic rings. The second kappa shape index (κ2) is 3.89. The molecule has 0 heterocycles. The van der Waals surface area contributed by atoms with Crippen LogP contribution in [0.5, 0.6) is 5.75 Å². The predicted octanol–water partition coefficient (Wildman–Crippen LogP) is 1.72. The molecule has 0 aliphatic rings. The molecule has 0 aliphatic heterocycles. The number of carbonyl (C=O) groups excluding carboxylic acids is 1. The third kappa shape index (κ3) is 2.18. The Kier molecular flexibility index (Phi) is 2.84. The highest BCUT2D eigenvalue weighted by Crippen LogP contribution is 2.23. The SMILES string of the molecule is CCC(=O)Oc1cccc(F)c1N. The third-order valence-corrected chi connectivity index (χ3v) is 1.53. The number of ether oxygens (including phenoxy) is 1. The summed E-state index contributed by atoms with van der Waals surface area (Å²) in [6.45, 7) is 1.65. The number of anilines is 1. The van der Waals surface area contributed by atoms with Gasteiger partial charge in [-0.1, -0.05) is 13.0 Å². The summed E-state index contributed by atoms with van der Waals surface area (Å²) in [7, 11) is 0. The number of hydrogen-bond acceptors (Lipinski definition) is 3. The molecule has 0 unspecified atom stereocenters. The first kappa shape index (κ1) is 9.51. The minimum Gasteiger partial charge on any atom is -0.424 e. The molecule has 0 saturated carbocycles. The van der Waals surface area contributed by atoms with E-state index in [4.69, 9.17) is 10.5 Å². The van der Waals surface area contributed by atoms with E-state index in [0.29, 0.717) is 0 Å². The van der Waals surface area contributed by atoms with Crippen molar-refractivity contribution in [1.29, 1.82) is 0 Å². The predicted molar refractivity (Wildman–Crippen MR) is 46.7 cm³/mol. The van der Waals surface area contributed by atoms with Gasteiger partial charge in [0.1, 0.15) is 11.5 Å². The van der Waals surface area contributed by atoms with Gasteiger partial charge in [0.2, 0.25) is 0 Å². The van der Waals surface area contributed by atoms with Crippen molar-refractivity contribution in [1.82, 2.24) is 0 Å². The van der Waals surface area contributed by atoms with Crippen molar-refractivity contribution in [3.05, 3.63) is 24.0 Å². The summed E-state index contributed by atoms with van der Waals surface area (Å²) in [4.78, 5) is 10.8.